The zero-order valence-corrected chi connectivity index (χ0v) is 16.8. The van der Waals surface area contributed by atoms with Crippen molar-refractivity contribution in [3.63, 3.8) is 0 Å². The number of rotatable bonds is 4. The van der Waals surface area contributed by atoms with Crippen molar-refractivity contribution >= 4 is 10.0 Å². The summed E-state index contributed by atoms with van der Waals surface area (Å²) in [5, 5.41) is 9.64. The third-order valence-corrected chi connectivity index (χ3v) is 7.16. The average Bonchev–Trinajstić information content (AvgIpc) is 2.66. The van der Waals surface area contributed by atoms with E-state index in [1.165, 1.54) is 4.31 Å². The molecule has 1 saturated heterocycles. The summed E-state index contributed by atoms with van der Waals surface area (Å²) in [6.45, 7) is 7.76. The maximum Gasteiger partial charge on any atom is 0.243 e. The second-order valence-electron chi connectivity index (χ2n) is 7.13. The fourth-order valence-corrected chi connectivity index (χ4v) is 4.85. The number of sulfonamides is 1. The molecule has 3 rings (SSSR count). The molecule has 1 heterocycles. The van der Waals surface area contributed by atoms with Crippen molar-refractivity contribution in [2.45, 2.75) is 31.7 Å². The Hall–Kier alpha value is -2.20. The van der Waals surface area contributed by atoms with Crippen LogP contribution in [0.15, 0.2) is 47.4 Å². The van der Waals surface area contributed by atoms with Crippen LogP contribution in [0.3, 0.4) is 0 Å². The van der Waals surface area contributed by atoms with Gasteiger partial charge in [-0.05, 0) is 49.6 Å². The molecule has 2 aromatic rings. The second-order valence-corrected chi connectivity index (χ2v) is 9.07. The van der Waals surface area contributed by atoms with Crippen LogP contribution < -0.4 is 0 Å². The van der Waals surface area contributed by atoms with Gasteiger partial charge in [-0.25, -0.2) is 8.42 Å². The van der Waals surface area contributed by atoms with E-state index < -0.39 is 10.0 Å². The molecular formula is C21H25N3O2S. The Morgan fingerprint density at radius 2 is 1.56 bits per heavy atom. The number of hydrogen-bond donors (Lipinski definition) is 0. The van der Waals surface area contributed by atoms with Crippen LogP contribution in [0.2, 0.25) is 0 Å². The summed E-state index contributed by atoms with van der Waals surface area (Å²) in [5.74, 6) is 0. The van der Waals surface area contributed by atoms with Gasteiger partial charge in [0.2, 0.25) is 10.0 Å². The fourth-order valence-electron chi connectivity index (χ4n) is 3.34. The first-order valence-electron chi connectivity index (χ1n) is 9.10. The molecule has 0 saturated carbocycles. The van der Waals surface area contributed by atoms with Crippen LogP contribution in [-0.2, 0) is 10.0 Å². The molecule has 0 spiro atoms. The monoisotopic (exact) mass is 383 g/mol. The lowest BCUT2D eigenvalue weighted by Crippen LogP contribution is -2.49. The minimum Gasteiger partial charge on any atom is -0.282 e. The highest BCUT2D eigenvalue weighted by Gasteiger charge is 2.31. The molecule has 1 fully saturated rings. The van der Waals surface area contributed by atoms with E-state index in [0.717, 1.165) is 22.3 Å². The minimum atomic E-state index is -3.50. The summed E-state index contributed by atoms with van der Waals surface area (Å²) >= 11 is 0. The number of benzene rings is 2. The highest BCUT2D eigenvalue weighted by Crippen LogP contribution is 2.25. The van der Waals surface area contributed by atoms with Crippen LogP contribution >= 0.6 is 0 Å². The Bertz CT molecular complexity index is 954. The first kappa shape index (κ1) is 19.6. The molecule has 0 bridgehead atoms. The van der Waals surface area contributed by atoms with Crippen molar-refractivity contribution in [2.75, 3.05) is 26.2 Å². The van der Waals surface area contributed by atoms with Gasteiger partial charge in [0.1, 0.15) is 6.04 Å². The highest BCUT2D eigenvalue weighted by atomic mass is 32.2. The number of aryl methyl sites for hydroxylation is 3. The molecule has 2 aromatic carbocycles. The van der Waals surface area contributed by atoms with Crippen LogP contribution in [0.4, 0.5) is 0 Å². The van der Waals surface area contributed by atoms with E-state index in [1.807, 2.05) is 51.1 Å². The Morgan fingerprint density at radius 1 is 0.926 bits per heavy atom. The van der Waals surface area contributed by atoms with Gasteiger partial charge in [0.05, 0.1) is 11.0 Å². The summed E-state index contributed by atoms with van der Waals surface area (Å²) in [4.78, 5) is 2.39. The summed E-state index contributed by atoms with van der Waals surface area (Å²) < 4.78 is 27.4. The van der Waals surface area contributed by atoms with E-state index in [2.05, 4.69) is 11.0 Å². The van der Waals surface area contributed by atoms with E-state index in [0.29, 0.717) is 31.1 Å². The molecular weight excluding hydrogens is 358 g/mol. The molecule has 27 heavy (non-hydrogen) atoms. The molecule has 0 aliphatic carbocycles. The van der Waals surface area contributed by atoms with Crippen molar-refractivity contribution < 1.29 is 8.42 Å². The lowest BCUT2D eigenvalue weighted by Gasteiger charge is -2.36. The van der Waals surface area contributed by atoms with Gasteiger partial charge in [-0.3, -0.25) is 4.90 Å². The summed E-state index contributed by atoms with van der Waals surface area (Å²) in [6.07, 6.45) is 0. The number of piperazine rings is 1. The number of nitrogens with zero attached hydrogens (tertiary/aromatic N) is 3. The van der Waals surface area contributed by atoms with E-state index >= 15 is 0 Å². The first-order chi connectivity index (χ1) is 12.8. The molecule has 6 heteroatoms. The lowest BCUT2D eigenvalue weighted by molar-refractivity contribution is 0.162. The Labute approximate surface area is 161 Å². The van der Waals surface area contributed by atoms with Crippen molar-refractivity contribution in [3.8, 4) is 6.07 Å². The van der Waals surface area contributed by atoms with E-state index in [-0.39, 0.29) is 6.04 Å². The van der Waals surface area contributed by atoms with Gasteiger partial charge in [-0.15, -0.1) is 0 Å². The van der Waals surface area contributed by atoms with E-state index in [1.54, 1.807) is 12.1 Å². The zero-order chi connectivity index (χ0) is 19.6. The maximum absolute atomic E-state index is 12.9. The van der Waals surface area contributed by atoms with E-state index in [9.17, 15) is 13.7 Å². The standard InChI is InChI=1S/C21H25N3O2S/c1-16-4-7-19(8-5-16)21(15-22)23-10-12-24(13-11-23)27(25,26)20-9-6-17(2)18(3)14-20/h4-9,14,21H,10-13H2,1-3H3. The van der Waals surface area contributed by atoms with Crippen molar-refractivity contribution in [2.24, 2.45) is 0 Å². The average molecular weight is 384 g/mol. The number of hydrogen-bond acceptors (Lipinski definition) is 4. The van der Waals surface area contributed by atoms with Gasteiger partial charge < -0.3 is 0 Å². The molecule has 1 unspecified atom stereocenters. The van der Waals surface area contributed by atoms with Crippen LogP contribution in [0.1, 0.15) is 28.3 Å². The predicted octanol–water partition coefficient (Wildman–Crippen LogP) is 3.18. The van der Waals surface area contributed by atoms with Gasteiger partial charge in [0, 0.05) is 26.2 Å². The predicted molar refractivity (Wildman–Crippen MR) is 106 cm³/mol. The Balaban J connectivity index is 1.73. The van der Waals surface area contributed by atoms with Crippen molar-refractivity contribution in [3.05, 3.63) is 64.7 Å². The topological polar surface area (TPSA) is 64.4 Å². The SMILES string of the molecule is Cc1ccc(C(C#N)N2CCN(S(=O)(=O)c3ccc(C)c(C)c3)CC2)cc1. The second kappa shape index (κ2) is 7.81. The van der Waals surface area contributed by atoms with Crippen LogP contribution in [0.25, 0.3) is 0 Å². The van der Waals surface area contributed by atoms with Gasteiger partial charge in [-0.2, -0.15) is 9.57 Å². The van der Waals surface area contributed by atoms with Crippen LogP contribution in [0.5, 0.6) is 0 Å². The molecule has 1 atom stereocenters. The third-order valence-electron chi connectivity index (χ3n) is 5.27. The third kappa shape index (κ3) is 4.06. The smallest absolute Gasteiger partial charge is 0.243 e. The fraction of sp³-hybridized carbons (Fsp3) is 0.381. The quantitative estimate of drug-likeness (QED) is 0.813. The van der Waals surface area contributed by atoms with Gasteiger partial charge in [0.15, 0.2) is 0 Å². The van der Waals surface area contributed by atoms with Gasteiger partial charge >= 0.3 is 0 Å². The highest BCUT2D eigenvalue weighted by molar-refractivity contribution is 7.89. The molecule has 1 aliphatic heterocycles. The molecule has 0 N–H and O–H groups in total. The van der Waals surface area contributed by atoms with Crippen molar-refractivity contribution in [1.29, 1.82) is 5.26 Å². The van der Waals surface area contributed by atoms with Crippen molar-refractivity contribution in [1.82, 2.24) is 9.21 Å². The maximum atomic E-state index is 12.9. The van der Waals surface area contributed by atoms with Crippen LogP contribution in [0, 0.1) is 32.1 Å². The molecule has 5 nitrogen and oxygen atoms in total. The summed E-state index contributed by atoms with van der Waals surface area (Å²) in [6, 6.07) is 15.2. The lowest BCUT2D eigenvalue weighted by atomic mass is 10.0. The molecule has 0 amide bonds. The number of nitriles is 1. The zero-order valence-electron chi connectivity index (χ0n) is 16.0. The Morgan fingerprint density at radius 3 is 2.11 bits per heavy atom. The first-order valence-corrected chi connectivity index (χ1v) is 10.5. The Kier molecular flexibility index (Phi) is 5.66. The van der Waals surface area contributed by atoms with E-state index in [4.69, 9.17) is 0 Å². The molecule has 1 aliphatic rings. The largest absolute Gasteiger partial charge is 0.282 e. The van der Waals surface area contributed by atoms with Gasteiger partial charge in [0.25, 0.3) is 0 Å². The summed E-state index contributed by atoms with van der Waals surface area (Å²) in [7, 11) is -3.50. The van der Waals surface area contributed by atoms with Gasteiger partial charge in [-0.1, -0.05) is 35.9 Å². The molecule has 142 valence electrons. The minimum absolute atomic E-state index is 0.342. The summed E-state index contributed by atoms with van der Waals surface area (Å²) in [5.41, 5.74) is 4.15. The molecule has 0 radical (unpaired) electrons. The normalized spacial score (nSPS) is 17.4. The molecule has 0 aromatic heterocycles. The van der Waals surface area contributed by atoms with Crippen LogP contribution in [-0.4, -0.2) is 43.8 Å².